The predicted molar refractivity (Wildman–Crippen MR) is 167 cm³/mol. The van der Waals surface area contributed by atoms with Gasteiger partial charge in [0, 0.05) is 21.5 Å². The van der Waals surface area contributed by atoms with Crippen molar-refractivity contribution in [2.24, 2.45) is 0 Å². The van der Waals surface area contributed by atoms with Gasteiger partial charge in [0.1, 0.15) is 11.2 Å². The number of furan rings is 2. The number of fused-ring (bicyclic) bond motifs is 9. The summed E-state index contributed by atoms with van der Waals surface area (Å²) in [7, 11) is 0. The molecule has 0 spiro atoms. The van der Waals surface area contributed by atoms with E-state index in [0.29, 0.717) is 0 Å². The van der Waals surface area contributed by atoms with Crippen molar-refractivity contribution in [2.75, 3.05) is 0 Å². The Balaban J connectivity index is 1.20. The second-order valence-electron chi connectivity index (χ2n) is 10.6. The maximum Gasteiger partial charge on any atom is 0.178 e. The van der Waals surface area contributed by atoms with E-state index in [1.54, 1.807) is 0 Å². The van der Waals surface area contributed by atoms with E-state index in [2.05, 4.69) is 133 Å². The first kappa shape index (κ1) is 21.6. The van der Waals surface area contributed by atoms with Crippen LogP contribution < -0.4 is 0 Å². The van der Waals surface area contributed by atoms with E-state index in [4.69, 9.17) is 8.83 Å². The molecule has 2 heterocycles. The summed E-state index contributed by atoms with van der Waals surface area (Å²) in [6, 6.07) is 47.4. The zero-order valence-corrected chi connectivity index (χ0v) is 21.5. The molecule has 9 rings (SSSR count). The van der Waals surface area contributed by atoms with Crippen LogP contribution in [0.4, 0.5) is 0 Å². The Bertz CT molecular complexity index is 2260. The van der Waals surface area contributed by atoms with Crippen LogP contribution in [0.1, 0.15) is 0 Å². The molecule has 0 atom stereocenters. The first-order valence-electron chi connectivity index (χ1n) is 13.6. The summed E-state index contributed by atoms with van der Waals surface area (Å²) >= 11 is 0. The minimum Gasteiger partial charge on any atom is -0.452 e. The van der Waals surface area contributed by atoms with Gasteiger partial charge in [-0.25, -0.2) is 0 Å². The third-order valence-corrected chi connectivity index (χ3v) is 8.24. The lowest BCUT2D eigenvalue weighted by Crippen LogP contribution is -1.79. The van der Waals surface area contributed by atoms with Crippen LogP contribution in [0.3, 0.4) is 0 Å². The smallest absolute Gasteiger partial charge is 0.178 e. The lowest BCUT2D eigenvalue weighted by atomic mass is 9.99. The molecule has 40 heavy (non-hydrogen) atoms. The van der Waals surface area contributed by atoms with Gasteiger partial charge >= 0.3 is 0 Å². The van der Waals surface area contributed by atoms with E-state index < -0.39 is 0 Å². The van der Waals surface area contributed by atoms with Gasteiger partial charge in [0.25, 0.3) is 0 Å². The molecule has 0 saturated heterocycles. The topological polar surface area (TPSA) is 26.3 Å². The number of rotatable bonds is 2. The second kappa shape index (κ2) is 8.08. The van der Waals surface area contributed by atoms with Gasteiger partial charge in [-0.2, -0.15) is 0 Å². The molecular weight excluding hydrogens is 488 g/mol. The Morgan fingerprint density at radius 1 is 0.300 bits per heavy atom. The molecule has 7 aromatic carbocycles. The normalized spacial score (nSPS) is 12.0. The third kappa shape index (κ3) is 3.17. The molecule has 2 nitrogen and oxygen atoms in total. The predicted octanol–water partition coefficient (Wildman–Crippen LogP) is 11.1. The average Bonchev–Trinajstić information content (AvgIpc) is 3.58. The summed E-state index contributed by atoms with van der Waals surface area (Å²) in [6.45, 7) is 0. The van der Waals surface area contributed by atoms with Crippen molar-refractivity contribution >= 4 is 65.4 Å². The van der Waals surface area contributed by atoms with E-state index in [0.717, 1.165) is 43.9 Å². The van der Waals surface area contributed by atoms with Crippen molar-refractivity contribution < 1.29 is 8.83 Å². The molecule has 0 fully saturated rings. The highest BCUT2D eigenvalue weighted by atomic mass is 16.4. The van der Waals surface area contributed by atoms with Gasteiger partial charge in [0.15, 0.2) is 11.2 Å². The van der Waals surface area contributed by atoms with Crippen molar-refractivity contribution in [2.45, 2.75) is 0 Å². The minimum atomic E-state index is 0.798. The van der Waals surface area contributed by atoms with E-state index in [9.17, 15) is 0 Å². The fourth-order valence-corrected chi connectivity index (χ4v) is 6.17. The molecule has 2 aromatic heterocycles. The largest absolute Gasteiger partial charge is 0.452 e. The quantitative estimate of drug-likeness (QED) is 0.231. The Hall–Kier alpha value is -5.34. The van der Waals surface area contributed by atoms with Crippen LogP contribution in [0, 0.1) is 0 Å². The molecule has 0 aliphatic rings. The molecule has 0 N–H and O–H groups in total. The molecule has 0 amide bonds. The van der Waals surface area contributed by atoms with Gasteiger partial charge < -0.3 is 8.83 Å². The van der Waals surface area contributed by atoms with Crippen LogP contribution in [0.2, 0.25) is 0 Å². The molecule has 9 aromatic rings. The van der Waals surface area contributed by atoms with Crippen LogP contribution in [0.25, 0.3) is 87.7 Å². The molecule has 0 saturated carbocycles. The van der Waals surface area contributed by atoms with Crippen LogP contribution >= 0.6 is 0 Å². The highest BCUT2D eigenvalue weighted by Crippen LogP contribution is 2.41. The highest BCUT2D eigenvalue weighted by molar-refractivity contribution is 6.19. The van der Waals surface area contributed by atoms with Gasteiger partial charge in [0.05, 0.1) is 0 Å². The SMILES string of the molecule is c1ccc2cc(-c3ccc4oc5c(ccc6c7cc(-c8ccc9ccccc9c8)ccc7oc65)c4c3)ccc2c1. The average molecular weight is 511 g/mol. The molecule has 2 heteroatoms. The summed E-state index contributed by atoms with van der Waals surface area (Å²) in [5, 5.41) is 9.31. The van der Waals surface area contributed by atoms with Gasteiger partial charge in [0.2, 0.25) is 0 Å². The zero-order valence-electron chi connectivity index (χ0n) is 21.5. The molecule has 186 valence electrons. The van der Waals surface area contributed by atoms with Gasteiger partial charge in [-0.3, -0.25) is 0 Å². The van der Waals surface area contributed by atoms with E-state index in [-0.39, 0.29) is 0 Å². The van der Waals surface area contributed by atoms with Crippen LogP contribution in [0.15, 0.2) is 142 Å². The van der Waals surface area contributed by atoms with Crippen molar-refractivity contribution in [3.63, 3.8) is 0 Å². The first-order chi connectivity index (χ1) is 19.8. The molecule has 0 bridgehead atoms. The van der Waals surface area contributed by atoms with E-state index in [1.165, 1.54) is 43.8 Å². The van der Waals surface area contributed by atoms with Crippen LogP contribution in [0.5, 0.6) is 0 Å². The monoisotopic (exact) mass is 510 g/mol. The van der Waals surface area contributed by atoms with Crippen LogP contribution in [-0.4, -0.2) is 0 Å². The Kier molecular flexibility index (Phi) is 4.36. The number of hydrogen-bond donors (Lipinski definition) is 0. The summed E-state index contributed by atoms with van der Waals surface area (Å²) < 4.78 is 12.9. The zero-order chi connectivity index (χ0) is 26.2. The minimum absolute atomic E-state index is 0.798. The van der Waals surface area contributed by atoms with Gasteiger partial charge in [-0.05, 0) is 92.3 Å². The van der Waals surface area contributed by atoms with Crippen LogP contribution in [-0.2, 0) is 0 Å². The lowest BCUT2D eigenvalue weighted by Gasteiger charge is -2.04. The number of hydrogen-bond acceptors (Lipinski definition) is 2. The van der Waals surface area contributed by atoms with Gasteiger partial charge in [-0.15, -0.1) is 0 Å². The van der Waals surface area contributed by atoms with E-state index in [1.807, 2.05) is 0 Å². The molecular formula is C38H22O2. The maximum atomic E-state index is 6.43. The molecule has 0 aliphatic heterocycles. The standard InChI is InChI=1S/C38H22O2/c1-3-7-25-19-27(11-9-23(25)5-1)29-13-17-35-33(21-29)31-15-16-32-34-22-30(14-18-36(34)40-38(32)37(31)39-35)28-12-10-24-6-2-4-8-26(24)20-28/h1-22H. The third-order valence-electron chi connectivity index (χ3n) is 8.24. The van der Waals surface area contributed by atoms with Crippen molar-refractivity contribution in [1.29, 1.82) is 0 Å². The van der Waals surface area contributed by atoms with Gasteiger partial charge in [-0.1, -0.05) is 84.9 Å². The highest BCUT2D eigenvalue weighted by Gasteiger charge is 2.17. The summed E-state index contributed by atoms with van der Waals surface area (Å²) in [4.78, 5) is 0. The summed E-state index contributed by atoms with van der Waals surface area (Å²) in [5.41, 5.74) is 8.06. The Morgan fingerprint density at radius 2 is 0.700 bits per heavy atom. The fraction of sp³-hybridized carbons (Fsp3) is 0. The Labute approximate surface area is 229 Å². The second-order valence-corrected chi connectivity index (χ2v) is 10.6. The molecule has 0 unspecified atom stereocenters. The fourth-order valence-electron chi connectivity index (χ4n) is 6.17. The van der Waals surface area contributed by atoms with Crippen molar-refractivity contribution in [1.82, 2.24) is 0 Å². The lowest BCUT2D eigenvalue weighted by molar-refractivity contribution is 0.633. The first-order valence-corrected chi connectivity index (χ1v) is 13.6. The molecule has 0 radical (unpaired) electrons. The number of benzene rings is 7. The summed E-state index contributed by atoms with van der Waals surface area (Å²) in [5.74, 6) is 0. The molecule has 0 aliphatic carbocycles. The maximum absolute atomic E-state index is 6.43. The van der Waals surface area contributed by atoms with Crippen molar-refractivity contribution in [3.05, 3.63) is 133 Å². The Morgan fingerprint density at radius 3 is 1.18 bits per heavy atom. The van der Waals surface area contributed by atoms with E-state index >= 15 is 0 Å². The van der Waals surface area contributed by atoms with Crippen molar-refractivity contribution in [3.8, 4) is 22.3 Å². The summed E-state index contributed by atoms with van der Waals surface area (Å²) in [6.07, 6.45) is 0.